The summed E-state index contributed by atoms with van der Waals surface area (Å²) in [6.07, 6.45) is 0. The average molecular weight is 927 g/mol. The molecular formula is C40H28N7O14S3-. The molecule has 1 atom stereocenters. The number of benzene rings is 7. The maximum Gasteiger partial charge on any atom is 0.338 e. The topological polar surface area (TPSA) is 352 Å². The van der Waals surface area contributed by atoms with E-state index in [-0.39, 0.29) is 61.2 Å². The molecule has 1 unspecified atom stereocenters. The van der Waals surface area contributed by atoms with Gasteiger partial charge in [-0.05, 0) is 108 Å². The highest BCUT2D eigenvalue weighted by atomic mass is 32.2. The fourth-order valence-electron chi connectivity index (χ4n) is 6.25. The van der Waals surface area contributed by atoms with Crippen molar-refractivity contribution in [3.8, 4) is 17.2 Å². The highest BCUT2D eigenvalue weighted by molar-refractivity contribution is 7.86. The second-order valence-corrected chi connectivity index (χ2v) is 16.7. The van der Waals surface area contributed by atoms with Gasteiger partial charge in [0.2, 0.25) is 0 Å². The molecule has 7 rings (SSSR count). The van der Waals surface area contributed by atoms with E-state index in [0.29, 0.717) is 0 Å². The number of azo groups is 2. The quantitative estimate of drug-likeness (QED) is 0.0234. The molecule has 64 heavy (non-hydrogen) atoms. The summed E-state index contributed by atoms with van der Waals surface area (Å²) in [4.78, 5) is 23.5. The van der Waals surface area contributed by atoms with Gasteiger partial charge in [-0.3, -0.25) is 13.9 Å². The Morgan fingerprint density at radius 2 is 1.31 bits per heavy atom. The Balaban J connectivity index is 1.19. The number of nitrogen functional groups attached to an aromatic ring is 1. The van der Waals surface area contributed by atoms with Gasteiger partial charge in [0.15, 0.2) is 22.9 Å². The van der Waals surface area contributed by atoms with E-state index < -0.39 is 87.5 Å². The van der Waals surface area contributed by atoms with Crippen LogP contribution in [0, 0.1) is 0 Å². The van der Waals surface area contributed by atoms with Crippen LogP contribution in [0.15, 0.2) is 146 Å². The van der Waals surface area contributed by atoms with Crippen LogP contribution in [0.25, 0.3) is 21.5 Å². The number of phenols is 2. The fraction of sp³-hybridized carbons (Fsp3) is 0. The second-order valence-electron chi connectivity index (χ2n) is 13.4. The van der Waals surface area contributed by atoms with E-state index in [4.69, 9.17) is 9.92 Å². The van der Waals surface area contributed by atoms with Crippen LogP contribution in [-0.2, 0) is 31.6 Å². The number of nitrogens with zero attached hydrogens (tertiary/aromatic N) is 4. The number of fused-ring (bicyclic) bond motifs is 2. The average Bonchev–Trinajstić information content (AvgIpc) is 3.23. The van der Waals surface area contributed by atoms with Crippen LogP contribution in [0.1, 0.15) is 20.7 Å². The SMILES string of the molecule is Nc1ccc2c(O)c(N=Nc3ccc(N=Nc4c(OS(=O)[O-])cc5cc(Nc6ccc(NC(=O)c7ccccc7)c(S(=O)(=O)O)c6)ccc5c4O)cc3C(=O)O)c(S(=O)(=O)O)cc2c1. The van der Waals surface area contributed by atoms with Crippen LogP contribution in [0.5, 0.6) is 17.2 Å². The predicted octanol–water partition coefficient (Wildman–Crippen LogP) is 8.18. The molecule has 0 saturated heterocycles. The summed E-state index contributed by atoms with van der Waals surface area (Å²) >= 11 is -3.21. The van der Waals surface area contributed by atoms with Gasteiger partial charge in [-0.25, -0.2) is 9.00 Å². The molecule has 0 aliphatic rings. The van der Waals surface area contributed by atoms with Crippen LogP contribution in [-0.4, -0.2) is 61.9 Å². The van der Waals surface area contributed by atoms with Crippen molar-refractivity contribution in [2.75, 3.05) is 16.4 Å². The van der Waals surface area contributed by atoms with Crippen LogP contribution >= 0.6 is 0 Å². The molecule has 24 heteroatoms. The number of carboxylic acids is 1. The molecule has 0 aliphatic carbocycles. The number of nitrogens with one attached hydrogen (secondary N) is 2. The zero-order chi connectivity index (χ0) is 46.1. The Hall–Kier alpha value is -7.87. The van der Waals surface area contributed by atoms with Crippen LogP contribution in [0.2, 0.25) is 0 Å². The van der Waals surface area contributed by atoms with Gasteiger partial charge in [-0.2, -0.15) is 21.9 Å². The van der Waals surface area contributed by atoms with Crippen molar-refractivity contribution < 1.29 is 63.8 Å². The van der Waals surface area contributed by atoms with Crippen LogP contribution in [0.3, 0.4) is 0 Å². The molecular weight excluding hydrogens is 899 g/mol. The minimum atomic E-state index is -5.00. The third kappa shape index (κ3) is 9.60. The van der Waals surface area contributed by atoms with Gasteiger partial charge >= 0.3 is 5.97 Å². The first kappa shape index (κ1) is 44.2. The molecule has 326 valence electrons. The van der Waals surface area contributed by atoms with Gasteiger partial charge in [0, 0.05) is 33.4 Å². The molecule has 0 saturated carbocycles. The smallest absolute Gasteiger partial charge is 0.338 e. The van der Waals surface area contributed by atoms with E-state index in [1.807, 2.05) is 0 Å². The molecule has 0 bridgehead atoms. The largest absolute Gasteiger partial charge is 0.740 e. The van der Waals surface area contributed by atoms with E-state index in [1.54, 1.807) is 18.2 Å². The number of amides is 1. The molecule has 9 N–H and O–H groups in total. The third-order valence-electron chi connectivity index (χ3n) is 9.13. The summed E-state index contributed by atoms with van der Waals surface area (Å²) in [6, 6.07) is 25.5. The molecule has 0 radical (unpaired) electrons. The molecule has 7 aromatic rings. The number of carbonyl (C=O) groups is 2. The first-order chi connectivity index (χ1) is 30.3. The van der Waals surface area contributed by atoms with E-state index in [9.17, 15) is 59.6 Å². The highest BCUT2D eigenvalue weighted by Gasteiger charge is 2.24. The van der Waals surface area contributed by atoms with Gasteiger partial charge in [0.05, 0.1) is 16.9 Å². The molecule has 0 aliphatic heterocycles. The number of carbonyl (C=O) groups excluding carboxylic acids is 1. The Kier molecular flexibility index (Phi) is 12.1. The van der Waals surface area contributed by atoms with Gasteiger partial charge in [-0.1, -0.05) is 18.2 Å². The standard InChI is InChI=1S/C40H29N7O14S3/c41-23-6-10-27-21(14-23)17-34(64(58,59)60)36(38(27)49)47-45-30-12-9-26(18-29(30)40(51)52)44-46-35-32(61-62(53)54)16-22-15-24(7-11-28(22)37(35)48)42-25-8-13-31(33(19-25)63(55,56)57)43-39(50)20-4-2-1-3-5-20/h1-19,42,48-49H,41H2,(H,43,50)(H,51,52)(H,53,54)(H,55,56,57)(H,58,59,60)/p-1. The maximum absolute atomic E-state index is 12.7. The number of anilines is 4. The van der Waals surface area contributed by atoms with Crippen molar-refractivity contribution >= 4 is 111 Å². The van der Waals surface area contributed by atoms with Crippen molar-refractivity contribution in [3.05, 3.63) is 126 Å². The lowest BCUT2D eigenvalue weighted by atomic mass is 10.1. The van der Waals surface area contributed by atoms with Gasteiger partial charge < -0.3 is 40.4 Å². The number of aromatic hydroxyl groups is 2. The molecule has 1 amide bonds. The Morgan fingerprint density at radius 1 is 0.688 bits per heavy atom. The van der Waals surface area contributed by atoms with Gasteiger partial charge in [0.1, 0.15) is 32.5 Å². The second kappa shape index (κ2) is 17.5. The van der Waals surface area contributed by atoms with Crippen molar-refractivity contribution in [2.24, 2.45) is 20.5 Å². The first-order valence-corrected chi connectivity index (χ1v) is 21.7. The van der Waals surface area contributed by atoms with Gasteiger partial charge in [0.25, 0.3) is 26.1 Å². The van der Waals surface area contributed by atoms with E-state index in [1.165, 1.54) is 72.8 Å². The molecule has 0 fully saturated rings. The number of rotatable bonds is 13. The van der Waals surface area contributed by atoms with Crippen molar-refractivity contribution in [3.63, 3.8) is 0 Å². The summed E-state index contributed by atoms with van der Waals surface area (Å²) in [5.41, 5.74) is 4.10. The lowest BCUT2D eigenvalue weighted by Crippen LogP contribution is -2.14. The normalized spacial score (nSPS) is 12.5. The number of carboxylic acid groups (broad SMARTS) is 1. The molecule has 0 aromatic heterocycles. The maximum atomic E-state index is 12.7. The summed E-state index contributed by atoms with van der Waals surface area (Å²) < 4.78 is 97.2. The lowest BCUT2D eigenvalue weighted by molar-refractivity contribution is 0.0697. The monoisotopic (exact) mass is 926 g/mol. The van der Waals surface area contributed by atoms with Gasteiger partial charge in [-0.15, -0.1) is 15.3 Å². The summed E-state index contributed by atoms with van der Waals surface area (Å²) in [7, 11) is -9.86. The first-order valence-electron chi connectivity index (χ1n) is 17.8. The number of phenolic OH excluding ortho intramolecular Hbond substituents is 2. The zero-order valence-corrected chi connectivity index (χ0v) is 34.4. The number of aromatic carboxylic acids is 1. The van der Waals surface area contributed by atoms with E-state index in [0.717, 1.165) is 24.3 Å². The van der Waals surface area contributed by atoms with Crippen molar-refractivity contribution in [1.29, 1.82) is 0 Å². The molecule has 21 nitrogen and oxygen atoms in total. The lowest BCUT2D eigenvalue weighted by Gasteiger charge is -2.15. The number of hydrogen-bond donors (Lipinski definition) is 8. The Bertz CT molecular complexity index is 3390. The number of nitrogens with two attached hydrogens (primary N) is 1. The minimum absolute atomic E-state index is 0.0905. The fourth-order valence-corrected chi connectivity index (χ4v) is 7.85. The van der Waals surface area contributed by atoms with Crippen molar-refractivity contribution in [2.45, 2.75) is 9.79 Å². The van der Waals surface area contributed by atoms with Crippen LogP contribution in [0.4, 0.5) is 45.5 Å². The van der Waals surface area contributed by atoms with Crippen molar-refractivity contribution in [1.82, 2.24) is 0 Å². The summed E-state index contributed by atoms with van der Waals surface area (Å²) in [5, 5.41) is 53.4. The van der Waals surface area contributed by atoms with Crippen LogP contribution < -0.4 is 20.6 Å². The number of hydrogen-bond acceptors (Lipinski definition) is 17. The highest BCUT2D eigenvalue weighted by Crippen LogP contribution is 2.46. The minimum Gasteiger partial charge on any atom is -0.740 e. The van der Waals surface area contributed by atoms with E-state index >= 15 is 0 Å². The Labute approximate surface area is 363 Å². The van der Waals surface area contributed by atoms with E-state index in [2.05, 4.69) is 31.1 Å². The molecule has 7 aromatic carbocycles. The molecule has 0 spiro atoms. The summed E-state index contributed by atoms with van der Waals surface area (Å²) in [5.74, 6) is -4.06. The predicted molar refractivity (Wildman–Crippen MR) is 231 cm³/mol. The third-order valence-corrected chi connectivity index (χ3v) is 11.2. The zero-order valence-electron chi connectivity index (χ0n) is 32.0. The summed E-state index contributed by atoms with van der Waals surface area (Å²) in [6.45, 7) is 0. The Morgan fingerprint density at radius 3 is 1.98 bits per heavy atom. The molecule has 0 heterocycles.